The molecule has 1 unspecified atom stereocenters. The van der Waals surface area contributed by atoms with E-state index >= 15 is 0 Å². The van der Waals surface area contributed by atoms with Gasteiger partial charge in [-0.15, -0.1) is 0 Å². The number of carboxylic acid groups (broad SMARTS) is 1. The minimum atomic E-state index is -0.899. The lowest BCUT2D eigenvalue weighted by molar-refractivity contribution is 0.0697. The van der Waals surface area contributed by atoms with Gasteiger partial charge in [0.05, 0.1) is 12.7 Å². The Morgan fingerprint density at radius 3 is 2.48 bits per heavy atom. The Bertz CT molecular complexity index is 635. The lowest BCUT2D eigenvalue weighted by atomic mass is 9.93. The number of ether oxygens (including phenoxy) is 1. The van der Waals surface area contributed by atoms with Crippen LogP contribution in [0.15, 0.2) is 46.9 Å². The van der Waals surface area contributed by atoms with Crippen LogP contribution in [0.2, 0.25) is 0 Å². The molecule has 1 atom stereocenters. The van der Waals surface area contributed by atoms with Gasteiger partial charge in [-0.3, -0.25) is 0 Å². The highest BCUT2D eigenvalue weighted by atomic mass is 79.9. The highest BCUT2D eigenvalue weighted by molar-refractivity contribution is 9.10. The van der Waals surface area contributed by atoms with E-state index in [9.17, 15) is 4.79 Å². The molecule has 2 aromatic carbocycles. The highest BCUT2D eigenvalue weighted by Crippen LogP contribution is 2.29. The van der Waals surface area contributed by atoms with E-state index in [2.05, 4.69) is 22.9 Å². The van der Waals surface area contributed by atoms with Crippen LogP contribution in [0.5, 0.6) is 5.75 Å². The van der Waals surface area contributed by atoms with Gasteiger partial charge in [0, 0.05) is 4.47 Å². The molecule has 21 heavy (non-hydrogen) atoms. The fourth-order valence-corrected chi connectivity index (χ4v) is 2.63. The van der Waals surface area contributed by atoms with Gasteiger partial charge in [-0.25, -0.2) is 4.79 Å². The summed E-state index contributed by atoms with van der Waals surface area (Å²) in [5, 5.41) is 8.92. The van der Waals surface area contributed by atoms with Gasteiger partial charge in [0.15, 0.2) is 0 Å². The summed E-state index contributed by atoms with van der Waals surface area (Å²) in [5.74, 6) is 0.241. The second-order valence-electron chi connectivity index (χ2n) is 4.99. The number of aromatic carboxylic acids is 1. The Kier molecular flexibility index (Phi) is 5.02. The Balaban J connectivity index is 2.17. The monoisotopic (exact) mass is 348 g/mol. The SMILES string of the molecule is COc1cc(Br)ccc1CC(C)c1ccc(C(=O)O)cc1. The third-order valence-corrected chi connectivity index (χ3v) is 4.00. The quantitative estimate of drug-likeness (QED) is 0.864. The van der Waals surface area contributed by atoms with Crippen LogP contribution in [0.3, 0.4) is 0 Å². The van der Waals surface area contributed by atoms with Crippen molar-refractivity contribution in [2.24, 2.45) is 0 Å². The van der Waals surface area contributed by atoms with E-state index in [-0.39, 0.29) is 5.92 Å². The van der Waals surface area contributed by atoms with Gasteiger partial charge in [-0.2, -0.15) is 0 Å². The number of carbonyl (C=O) groups is 1. The van der Waals surface area contributed by atoms with Crippen molar-refractivity contribution in [2.45, 2.75) is 19.3 Å². The maximum absolute atomic E-state index is 10.9. The maximum Gasteiger partial charge on any atom is 0.335 e. The maximum atomic E-state index is 10.9. The molecular weight excluding hydrogens is 332 g/mol. The number of benzene rings is 2. The highest BCUT2D eigenvalue weighted by Gasteiger charge is 2.12. The van der Waals surface area contributed by atoms with E-state index in [1.54, 1.807) is 19.2 Å². The Morgan fingerprint density at radius 1 is 1.24 bits per heavy atom. The molecule has 0 saturated heterocycles. The average molecular weight is 349 g/mol. The molecule has 0 saturated carbocycles. The summed E-state index contributed by atoms with van der Waals surface area (Å²) in [6.45, 7) is 2.12. The second kappa shape index (κ2) is 6.76. The summed E-state index contributed by atoms with van der Waals surface area (Å²) in [6, 6.07) is 13.0. The molecule has 0 aromatic heterocycles. The van der Waals surface area contributed by atoms with Crippen LogP contribution in [0.4, 0.5) is 0 Å². The van der Waals surface area contributed by atoms with Crippen molar-refractivity contribution in [1.29, 1.82) is 0 Å². The molecule has 3 nitrogen and oxygen atoms in total. The minimum absolute atomic E-state index is 0.280. The first kappa shape index (κ1) is 15.6. The van der Waals surface area contributed by atoms with Gasteiger partial charge in [0.25, 0.3) is 0 Å². The number of hydrogen-bond donors (Lipinski definition) is 1. The smallest absolute Gasteiger partial charge is 0.335 e. The molecule has 0 aliphatic heterocycles. The first-order valence-corrected chi connectivity index (χ1v) is 7.46. The summed E-state index contributed by atoms with van der Waals surface area (Å²) in [7, 11) is 1.66. The van der Waals surface area contributed by atoms with Crippen molar-refractivity contribution < 1.29 is 14.6 Å². The van der Waals surface area contributed by atoms with Crippen LogP contribution in [-0.4, -0.2) is 18.2 Å². The first-order chi connectivity index (χ1) is 10.0. The summed E-state index contributed by atoms with van der Waals surface area (Å²) < 4.78 is 6.39. The zero-order chi connectivity index (χ0) is 15.4. The lowest BCUT2D eigenvalue weighted by Crippen LogP contribution is -2.02. The predicted molar refractivity (Wildman–Crippen MR) is 86.2 cm³/mol. The molecule has 110 valence electrons. The van der Waals surface area contributed by atoms with Crippen LogP contribution in [-0.2, 0) is 6.42 Å². The lowest BCUT2D eigenvalue weighted by Gasteiger charge is -2.15. The molecule has 0 aliphatic rings. The molecule has 2 aromatic rings. The summed E-state index contributed by atoms with van der Waals surface area (Å²) in [4.78, 5) is 10.9. The standard InChI is InChI=1S/C17H17BrO3/c1-11(12-3-5-13(6-4-12)17(19)20)9-14-7-8-15(18)10-16(14)21-2/h3-8,10-11H,9H2,1-2H3,(H,19,20). The number of methoxy groups -OCH3 is 1. The number of hydrogen-bond acceptors (Lipinski definition) is 2. The van der Waals surface area contributed by atoms with Crippen LogP contribution >= 0.6 is 15.9 Å². The largest absolute Gasteiger partial charge is 0.496 e. The molecular formula is C17H17BrO3. The van der Waals surface area contributed by atoms with Gasteiger partial charge in [0.1, 0.15) is 5.75 Å². The topological polar surface area (TPSA) is 46.5 Å². The fraction of sp³-hybridized carbons (Fsp3) is 0.235. The van der Waals surface area contributed by atoms with E-state index in [1.165, 1.54) is 0 Å². The molecule has 1 N–H and O–H groups in total. The Morgan fingerprint density at radius 2 is 1.90 bits per heavy atom. The van der Waals surface area contributed by atoms with Crippen LogP contribution < -0.4 is 4.74 Å². The van der Waals surface area contributed by atoms with Crippen LogP contribution in [0.25, 0.3) is 0 Å². The molecule has 0 radical (unpaired) electrons. The van der Waals surface area contributed by atoms with E-state index in [0.717, 1.165) is 27.8 Å². The van der Waals surface area contributed by atoms with Crippen molar-refractivity contribution in [2.75, 3.05) is 7.11 Å². The first-order valence-electron chi connectivity index (χ1n) is 6.67. The summed E-state index contributed by atoms with van der Waals surface area (Å²) >= 11 is 3.43. The van der Waals surface area contributed by atoms with Gasteiger partial charge in [0.2, 0.25) is 0 Å². The van der Waals surface area contributed by atoms with E-state index < -0.39 is 5.97 Å². The number of rotatable bonds is 5. The van der Waals surface area contributed by atoms with Crippen LogP contribution in [0.1, 0.15) is 34.3 Å². The molecule has 0 heterocycles. The minimum Gasteiger partial charge on any atom is -0.496 e. The molecule has 0 fully saturated rings. The van der Waals surface area contributed by atoms with Crippen molar-refractivity contribution in [1.82, 2.24) is 0 Å². The summed E-state index contributed by atoms with van der Waals surface area (Å²) in [5.41, 5.74) is 2.56. The van der Waals surface area contributed by atoms with Gasteiger partial charge < -0.3 is 9.84 Å². The van der Waals surface area contributed by atoms with E-state index in [0.29, 0.717) is 5.56 Å². The predicted octanol–water partition coefficient (Wildman–Crippen LogP) is 4.50. The van der Waals surface area contributed by atoms with Crippen molar-refractivity contribution in [3.8, 4) is 5.75 Å². The van der Waals surface area contributed by atoms with Crippen molar-refractivity contribution >= 4 is 21.9 Å². The molecule has 4 heteroatoms. The van der Waals surface area contributed by atoms with Gasteiger partial charge in [-0.1, -0.05) is 41.1 Å². The fourth-order valence-electron chi connectivity index (χ4n) is 2.29. The molecule has 0 amide bonds. The Hall–Kier alpha value is -1.81. The zero-order valence-electron chi connectivity index (χ0n) is 12.0. The van der Waals surface area contributed by atoms with Gasteiger partial charge >= 0.3 is 5.97 Å². The van der Waals surface area contributed by atoms with Crippen molar-refractivity contribution in [3.63, 3.8) is 0 Å². The Labute approximate surface area is 132 Å². The molecule has 0 spiro atoms. The number of halogens is 1. The zero-order valence-corrected chi connectivity index (χ0v) is 13.6. The van der Waals surface area contributed by atoms with Gasteiger partial charge in [-0.05, 0) is 47.7 Å². The summed E-state index contributed by atoms with van der Waals surface area (Å²) in [6.07, 6.45) is 0.836. The van der Waals surface area contributed by atoms with Crippen molar-refractivity contribution in [3.05, 3.63) is 63.6 Å². The second-order valence-corrected chi connectivity index (χ2v) is 5.90. The molecule has 0 aliphatic carbocycles. The van der Waals surface area contributed by atoms with Crippen LogP contribution in [0, 0.1) is 0 Å². The third-order valence-electron chi connectivity index (χ3n) is 3.50. The van der Waals surface area contributed by atoms with E-state index in [1.807, 2.05) is 30.3 Å². The third kappa shape index (κ3) is 3.85. The average Bonchev–Trinajstić information content (AvgIpc) is 2.49. The number of carboxylic acids is 1. The van der Waals surface area contributed by atoms with E-state index in [4.69, 9.17) is 9.84 Å². The molecule has 2 rings (SSSR count). The molecule has 0 bridgehead atoms. The normalized spacial score (nSPS) is 12.0.